The van der Waals surface area contributed by atoms with Gasteiger partial charge in [-0.1, -0.05) is 11.6 Å². The van der Waals surface area contributed by atoms with E-state index in [9.17, 15) is 8.78 Å². The Morgan fingerprint density at radius 3 is 2.69 bits per heavy atom. The van der Waals surface area contributed by atoms with Crippen molar-refractivity contribution in [2.75, 3.05) is 0 Å². The van der Waals surface area contributed by atoms with Crippen LogP contribution in [0.25, 0.3) is 11.0 Å². The van der Waals surface area contributed by atoms with Crippen molar-refractivity contribution >= 4 is 22.6 Å². The maximum atomic E-state index is 12.6. The molecule has 2 rings (SSSR count). The van der Waals surface area contributed by atoms with Crippen LogP contribution >= 0.6 is 11.6 Å². The van der Waals surface area contributed by atoms with Gasteiger partial charge >= 0.3 is 0 Å². The molecule has 0 amide bonds. The first kappa shape index (κ1) is 11.3. The summed E-state index contributed by atoms with van der Waals surface area (Å²) >= 11 is 5.77. The third kappa shape index (κ3) is 2.02. The molecule has 3 nitrogen and oxygen atoms in total. The molecular weight excluding hydrogens is 238 g/mol. The summed E-state index contributed by atoms with van der Waals surface area (Å²) in [7, 11) is 0. The van der Waals surface area contributed by atoms with Crippen LogP contribution in [0, 0.1) is 0 Å². The quantitative estimate of drug-likeness (QED) is 0.647. The predicted molar refractivity (Wildman–Crippen MR) is 57.3 cm³/mol. The van der Waals surface area contributed by atoms with Gasteiger partial charge in [0.25, 0.3) is 6.43 Å². The Morgan fingerprint density at radius 1 is 1.31 bits per heavy atom. The minimum absolute atomic E-state index is 0.0924. The largest absolute Gasteiger partial charge is 0.459 e. The van der Waals surface area contributed by atoms with Gasteiger partial charge in [0.05, 0.1) is 0 Å². The molecule has 0 aliphatic rings. The molecule has 0 radical (unpaired) electrons. The van der Waals surface area contributed by atoms with Crippen LogP contribution < -0.4 is 11.3 Å². The van der Waals surface area contributed by atoms with Crippen LogP contribution in [0.1, 0.15) is 11.8 Å². The van der Waals surface area contributed by atoms with E-state index in [-0.39, 0.29) is 5.76 Å². The number of hydrogen-bond donors (Lipinski definition) is 2. The van der Waals surface area contributed by atoms with Crippen molar-refractivity contribution in [2.45, 2.75) is 12.5 Å². The van der Waals surface area contributed by atoms with Gasteiger partial charge in [-0.05, 0) is 24.3 Å². The second kappa shape index (κ2) is 4.37. The molecule has 0 bridgehead atoms. The second-order valence-corrected chi connectivity index (χ2v) is 3.75. The Balaban J connectivity index is 2.45. The summed E-state index contributed by atoms with van der Waals surface area (Å²) in [6, 6.07) is 5.08. The van der Waals surface area contributed by atoms with E-state index in [0.29, 0.717) is 16.0 Å². The highest BCUT2D eigenvalue weighted by molar-refractivity contribution is 6.31. The Hall–Kier alpha value is -1.17. The van der Waals surface area contributed by atoms with Gasteiger partial charge in [-0.3, -0.25) is 5.84 Å². The maximum Gasteiger partial charge on any atom is 0.262 e. The highest BCUT2D eigenvalue weighted by atomic mass is 35.5. The van der Waals surface area contributed by atoms with Gasteiger partial charge in [-0.15, -0.1) is 0 Å². The normalized spacial score (nSPS) is 13.6. The van der Waals surface area contributed by atoms with Crippen molar-refractivity contribution in [2.24, 2.45) is 5.84 Å². The van der Waals surface area contributed by atoms with Crippen molar-refractivity contribution in [1.82, 2.24) is 5.43 Å². The number of nitrogens with one attached hydrogen (secondary N) is 1. The van der Waals surface area contributed by atoms with E-state index >= 15 is 0 Å². The molecule has 6 heteroatoms. The lowest BCUT2D eigenvalue weighted by molar-refractivity contribution is 0.0890. The first-order valence-corrected chi connectivity index (χ1v) is 4.93. The number of nitrogens with two attached hydrogens (primary N) is 1. The number of alkyl halides is 2. The number of fused-ring (bicyclic) bond motifs is 1. The van der Waals surface area contributed by atoms with Crippen LogP contribution in [-0.4, -0.2) is 6.43 Å². The Bertz CT molecular complexity index is 501. The number of furan rings is 1. The zero-order valence-electron chi connectivity index (χ0n) is 8.08. The van der Waals surface area contributed by atoms with E-state index < -0.39 is 12.5 Å². The van der Waals surface area contributed by atoms with E-state index in [4.69, 9.17) is 21.9 Å². The lowest BCUT2D eigenvalue weighted by Crippen LogP contribution is -2.32. The van der Waals surface area contributed by atoms with Gasteiger partial charge in [0, 0.05) is 10.4 Å². The SMILES string of the molecule is NNC(c1cc2cc(Cl)ccc2o1)C(F)F. The Labute approximate surface area is 95.1 Å². The fraction of sp³-hybridized carbons (Fsp3) is 0.200. The molecule has 0 saturated heterocycles. The Morgan fingerprint density at radius 2 is 2.06 bits per heavy atom. The van der Waals surface area contributed by atoms with Crippen molar-refractivity contribution in [3.63, 3.8) is 0 Å². The van der Waals surface area contributed by atoms with Gasteiger partial charge in [0.1, 0.15) is 17.4 Å². The molecule has 1 atom stereocenters. The van der Waals surface area contributed by atoms with Gasteiger partial charge in [-0.2, -0.15) is 0 Å². The van der Waals surface area contributed by atoms with E-state index in [2.05, 4.69) is 0 Å². The van der Waals surface area contributed by atoms with Crippen molar-refractivity contribution in [3.05, 3.63) is 35.0 Å². The van der Waals surface area contributed by atoms with Crippen molar-refractivity contribution in [1.29, 1.82) is 0 Å². The summed E-state index contributed by atoms with van der Waals surface area (Å²) in [5.74, 6) is 5.13. The Kier molecular flexibility index (Phi) is 3.09. The van der Waals surface area contributed by atoms with Crippen LogP contribution in [0.5, 0.6) is 0 Å². The highest BCUT2D eigenvalue weighted by Crippen LogP contribution is 2.28. The standard InChI is InChI=1S/C10H9ClF2N2O/c11-6-1-2-7-5(3-6)4-8(16-7)9(15-14)10(12)13/h1-4,9-10,15H,14H2. The minimum atomic E-state index is -2.64. The molecule has 1 aromatic heterocycles. The average Bonchev–Trinajstić information content (AvgIpc) is 2.60. The second-order valence-electron chi connectivity index (χ2n) is 3.31. The number of benzene rings is 1. The molecule has 0 aliphatic heterocycles. The number of hydrogen-bond acceptors (Lipinski definition) is 3. The third-order valence-electron chi connectivity index (χ3n) is 2.24. The summed E-state index contributed by atoms with van der Waals surface area (Å²) in [6.45, 7) is 0. The predicted octanol–water partition coefficient (Wildman–Crippen LogP) is 2.86. The van der Waals surface area contributed by atoms with E-state index in [1.807, 2.05) is 5.43 Å². The molecule has 0 fully saturated rings. The van der Waals surface area contributed by atoms with Gasteiger partial charge in [0.2, 0.25) is 0 Å². The fourth-order valence-corrected chi connectivity index (χ4v) is 1.65. The zero-order chi connectivity index (χ0) is 11.7. The molecule has 2 aromatic rings. The molecule has 1 heterocycles. The van der Waals surface area contributed by atoms with Crippen LogP contribution in [0.15, 0.2) is 28.7 Å². The first-order chi connectivity index (χ1) is 7.61. The van der Waals surface area contributed by atoms with E-state index in [1.54, 1.807) is 18.2 Å². The molecule has 0 spiro atoms. The number of hydrazine groups is 1. The molecule has 16 heavy (non-hydrogen) atoms. The highest BCUT2D eigenvalue weighted by Gasteiger charge is 2.24. The topological polar surface area (TPSA) is 51.2 Å². The fourth-order valence-electron chi connectivity index (χ4n) is 1.47. The van der Waals surface area contributed by atoms with Crippen molar-refractivity contribution < 1.29 is 13.2 Å². The monoisotopic (exact) mass is 246 g/mol. The van der Waals surface area contributed by atoms with Gasteiger partial charge in [0.15, 0.2) is 0 Å². The van der Waals surface area contributed by atoms with Crippen LogP contribution in [0.3, 0.4) is 0 Å². The van der Waals surface area contributed by atoms with Gasteiger partial charge in [-0.25, -0.2) is 14.2 Å². The van der Waals surface area contributed by atoms with Crippen LogP contribution in [0.4, 0.5) is 8.78 Å². The molecule has 1 unspecified atom stereocenters. The summed E-state index contributed by atoms with van der Waals surface area (Å²) in [4.78, 5) is 0. The molecular formula is C10H9ClF2N2O. The first-order valence-electron chi connectivity index (χ1n) is 4.55. The number of rotatable bonds is 3. The summed E-state index contributed by atoms with van der Waals surface area (Å²) in [5, 5.41) is 1.19. The van der Waals surface area contributed by atoms with Gasteiger partial charge < -0.3 is 4.42 Å². The van der Waals surface area contributed by atoms with E-state index in [0.717, 1.165) is 0 Å². The van der Waals surface area contributed by atoms with Crippen LogP contribution in [-0.2, 0) is 0 Å². The van der Waals surface area contributed by atoms with Crippen LogP contribution in [0.2, 0.25) is 5.02 Å². The van der Waals surface area contributed by atoms with E-state index in [1.165, 1.54) is 6.07 Å². The zero-order valence-corrected chi connectivity index (χ0v) is 8.84. The summed E-state index contributed by atoms with van der Waals surface area (Å²) in [5.41, 5.74) is 2.52. The minimum Gasteiger partial charge on any atom is -0.459 e. The molecule has 1 aromatic carbocycles. The smallest absolute Gasteiger partial charge is 0.262 e. The molecule has 3 N–H and O–H groups in total. The number of halogens is 3. The summed E-state index contributed by atoms with van der Waals surface area (Å²) < 4.78 is 30.4. The molecule has 86 valence electrons. The lowest BCUT2D eigenvalue weighted by atomic mass is 10.2. The molecule has 0 aliphatic carbocycles. The molecule has 0 saturated carbocycles. The lowest BCUT2D eigenvalue weighted by Gasteiger charge is -2.10. The van der Waals surface area contributed by atoms with Crippen molar-refractivity contribution in [3.8, 4) is 0 Å². The average molecular weight is 247 g/mol. The third-order valence-corrected chi connectivity index (χ3v) is 2.47. The summed E-state index contributed by atoms with van der Waals surface area (Å²) in [6.07, 6.45) is -2.64. The maximum absolute atomic E-state index is 12.6.